The molecule has 4 aromatic heterocycles. The predicted molar refractivity (Wildman–Crippen MR) is 218 cm³/mol. The molecule has 6 atom stereocenters. The van der Waals surface area contributed by atoms with Crippen LogP contribution in [0.15, 0.2) is 54.7 Å². The molecule has 0 radical (unpaired) electrons. The van der Waals surface area contributed by atoms with Gasteiger partial charge in [0.25, 0.3) is 0 Å². The fraction of sp³-hybridized carbons (Fsp3) is 0.390. The first kappa shape index (κ1) is 37.9. The number of aryl methyl sites for hydroxylation is 1. The number of piperidine rings is 1. The number of imidazole rings is 1. The van der Waals surface area contributed by atoms with Gasteiger partial charge in [-0.2, -0.15) is 15.1 Å². The van der Waals surface area contributed by atoms with Gasteiger partial charge in [0.2, 0.25) is 11.9 Å². The molecule has 6 bridgehead atoms. The van der Waals surface area contributed by atoms with Crippen molar-refractivity contribution in [3.63, 3.8) is 0 Å². The molecular weight excluding hydrogens is 778 g/mol. The fourth-order valence-electron chi connectivity index (χ4n) is 9.68. The molecule has 3 saturated heterocycles. The highest BCUT2D eigenvalue weighted by Crippen LogP contribution is 2.44. The van der Waals surface area contributed by atoms with E-state index in [0.29, 0.717) is 83.6 Å². The molecule has 2 aromatic carbocycles. The number of nitrogens with two attached hydrogens (primary N) is 1. The second kappa shape index (κ2) is 14.4. The number of hydrogen-bond donors (Lipinski definition) is 3. The van der Waals surface area contributed by atoms with Crippen LogP contribution in [0.25, 0.3) is 39.0 Å². The number of likely N-dealkylation sites (N-methyl/N-ethyl adjacent to an activating group) is 1. The standard InChI is InChI=1S/C41H43F3N14O2/c1-21-48-33-11-23(43)9-29-32-5-4-6-36(50-32)49-24-12-35(40(59)53(2)18-28(60-3)19-54(21)37(29)33)55(17-24)38-30-16-47-58(34-8-7-22(42)10-31(34)44)39(30)52-41(51-38)57-26-13-25(56(46)20-45)14-27(57)15-26/h4-11,16,20,24-28,35,45H,12-15,17-19,46H2,1-3H3,(H,49,50)/t24-,25?,26-,27+,28-,35-/m0/s1. The topological polar surface area (TPSA) is 175 Å². The van der Waals surface area contributed by atoms with Crippen molar-refractivity contribution in [1.82, 2.24) is 44.2 Å². The number of carbonyl (C=O) groups excluding carboxylic acids is 1. The van der Waals surface area contributed by atoms with Gasteiger partial charge in [-0.05, 0) is 62.9 Å². The number of halogens is 3. The summed E-state index contributed by atoms with van der Waals surface area (Å²) in [6.45, 7) is 2.74. The van der Waals surface area contributed by atoms with Gasteiger partial charge in [0.15, 0.2) is 11.5 Å². The maximum atomic E-state index is 15.4. The van der Waals surface area contributed by atoms with E-state index in [4.69, 9.17) is 30.9 Å². The minimum Gasteiger partial charge on any atom is -0.378 e. The fourth-order valence-corrected chi connectivity index (χ4v) is 9.68. The van der Waals surface area contributed by atoms with E-state index in [2.05, 4.69) is 20.3 Å². The molecule has 60 heavy (non-hydrogen) atoms. The highest BCUT2D eigenvalue weighted by Gasteiger charge is 2.49. The smallest absolute Gasteiger partial charge is 0.245 e. The summed E-state index contributed by atoms with van der Waals surface area (Å²) in [4.78, 5) is 40.5. The molecule has 1 unspecified atom stereocenters. The molecule has 6 aromatic rings. The van der Waals surface area contributed by atoms with E-state index < -0.39 is 29.6 Å². The average molecular weight is 821 g/mol. The number of rotatable bonds is 6. The average Bonchev–Trinajstić information content (AvgIpc) is 3.94. The Balaban J connectivity index is 1.09. The zero-order valence-corrected chi connectivity index (χ0v) is 33.1. The first-order chi connectivity index (χ1) is 29.0. The van der Waals surface area contributed by atoms with Gasteiger partial charge in [-0.15, -0.1) is 0 Å². The molecule has 3 fully saturated rings. The van der Waals surface area contributed by atoms with Crippen LogP contribution < -0.4 is 21.0 Å². The van der Waals surface area contributed by atoms with Crippen LogP contribution >= 0.6 is 0 Å². The highest BCUT2D eigenvalue weighted by molar-refractivity contribution is 5.94. The minimum absolute atomic E-state index is 0.00816. The molecular formula is C41H43F3N14O2. The van der Waals surface area contributed by atoms with Crippen molar-refractivity contribution in [3.05, 3.63) is 78.0 Å². The third kappa shape index (κ3) is 6.25. The van der Waals surface area contributed by atoms with Crippen molar-refractivity contribution in [3.8, 4) is 16.9 Å². The van der Waals surface area contributed by atoms with Crippen LogP contribution in [0.5, 0.6) is 0 Å². The molecule has 16 nitrogen and oxygen atoms in total. The van der Waals surface area contributed by atoms with Gasteiger partial charge < -0.3 is 29.3 Å². The van der Waals surface area contributed by atoms with Gasteiger partial charge in [-0.25, -0.2) is 33.7 Å². The quantitative estimate of drug-likeness (QED) is 0.0938. The number of anilines is 3. The number of hydrazine groups is 1. The molecule has 4 aliphatic heterocycles. The number of benzene rings is 2. The number of aromatic nitrogens is 7. The molecule has 310 valence electrons. The Kier molecular flexibility index (Phi) is 9.12. The second-order valence-corrected chi connectivity index (χ2v) is 16.2. The SMILES string of the molecule is CO[C@H]1CN(C)C(=O)[C@@H]2C[C@@H](CN2c2nc(N3[C@@H]4CC(N(N)C=N)C[C@H]3C4)nc3c2cnn3-c2ccc(F)cc2F)Nc2cccc(n2)-c2cc(F)cc3nc(C)n(c23)C1. The number of nitrogens with one attached hydrogen (secondary N) is 2. The third-order valence-electron chi connectivity index (χ3n) is 12.6. The van der Waals surface area contributed by atoms with E-state index in [0.717, 1.165) is 24.3 Å². The Bertz CT molecular complexity index is 2680. The van der Waals surface area contributed by atoms with Crippen LogP contribution in [-0.2, 0) is 16.1 Å². The summed E-state index contributed by atoms with van der Waals surface area (Å²) in [6, 6.07) is 10.7. The highest BCUT2D eigenvalue weighted by atomic mass is 19.1. The van der Waals surface area contributed by atoms with Gasteiger partial charge in [0.1, 0.15) is 40.8 Å². The van der Waals surface area contributed by atoms with Crippen LogP contribution in [0, 0.1) is 29.8 Å². The van der Waals surface area contributed by atoms with Crippen molar-refractivity contribution in [2.45, 2.75) is 75.5 Å². The van der Waals surface area contributed by atoms with E-state index in [1.54, 1.807) is 25.3 Å². The summed E-state index contributed by atoms with van der Waals surface area (Å²) >= 11 is 0. The number of amides is 1. The first-order valence-corrected chi connectivity index (χ1v) is 20.0. The molecule has 1 amide bonds. The number of carbonyl (C=O) groups is 1. The predicted octanol–water partition coefficient (Wildman–Crippen LogP) is 4.39. The van der Waals surface area contributed by atoms with Crippen LogP contribution in [0.1, 0.15) is 31.5 Å². The van der Waals surface area contributed by atoms with Gasteiger partial charge in [-0.3, -0.25) is 15.2 Å². The van der Waals surface area contributed by atoms with Crippen LogP contribution in [0.3, 0.4) is 0 Å². The Morgan fingerprint density at radius 2 is 1.78 bits per heavy atom. The number of hydrogen-bond acceptors (Lipinski definition) is 12. The minimum atomic E-state index is -0.812. The lowest BCUT2D eigenvalue weighted by Crippen LogP contribution is -2.65. The molecule has 0 saturated carbocycles. The Morgan fingerprint density at radius 3 is 2.55 bits per heavy atom. The van der Waals surface area contributed by atoms with Crippen molar-refractivity contribution in [2.75, 3.05) is 42.4 Å². The van der Waals surface area contributed by atoms with Crippen LogP contribution in [0.2, 0.25) is 0 Å². The van der Waals surface area contributed by atoms with Crippen molar-refractivity contribution >= 4 is 51.9 Å². The number of ether oxygens (including phenoxy) is 1. The lowest BCUT2D eigenvalue weighted by atomic mass is 9.77. The molecule has 4 N–H and O–H groups in total. The maximum Gasteiger partial charge on any atom is 0.245 e. The summed E-state index contributed by atoms with van der Waals surface area (Å²) in [7, 11) is 3.35. The molecule has 8 heterocycles. The molecule has 0 spiro atoms. The number of methoxy groups -OCH3 is 1. The Labute approximate surface area is 342 Å². The summed E-state index contributed by atoms with van der Waals surface area (Å²) in [5, 5.41) is 17.7. The monoisotopic (exact) mass is 820 g/mol. The van der Waals surface area contributed by atoms with E-state index >= 15 is 8.78 Å². The zero-order chi connectivity index (χ0) is 41.6. The maximum absolute atomic E-state index is 15.4. The van der Waals surface area contributed by atoms with Gasteiger partial charge >= 0.3 is 0 Å². The van der Waals surface area contributed by atoms with Crippen LogP contribution in [-0.4, -0.2) is 120 Å². The number of pyridine rings is 1. The molecule has 19 heteroatoms. The second-order valence-electron chi connectivity index (χ2n) is 16.2. The molecule has 0 aliphatic carbocycles. The van der Waals surface area contributed by atoms with Crippen LogP contribution in [0.4, 0.5) is 30.8 Å². The Hall–Kier alpha value is -6.34. The molecule has 10 rings (SSSR count). The van der Waals surface area contributed by atoms with E-state index in [9.17, 15) is 9.18 Å². The van der Waals surface area contributed by atoms with Gasteiger partial charge in [-0.1, -0.05) is 6.07 Å². The van der Waals surface area contributed by atoms with Gasteiger partial charge in [0, 0.05) is 63.1 Å². The number of nitrogens with zero attached hydrogens (tertiary/aromatic N) is 11. The lowest BCUT2D eigenvalue weighted by Gasteiger charge is -2.56. The van der Waals surface area contributed by atoms with Crippen molar-refractivity contribution in [2.24, 2.45) is 5.84 Å². The van der Waals surface area contributed by atoms with E-state index in [1.165, 1.54) is 34.0 Å². The summed E-state index contributed by atoms with van der Waals surface area (Å²) < 4.78 is 54.0. The number of fused-ring (bicyclic) bond motifs is 8. The summed E-state index contributed by atoms with van der Waals surface area (Å²) in [6.07, 6.45) is 4.84. The normalized spacial score (nSPS) is 24.0. The lowest BCUT2D eigenvalue weighted by molar-refractivity contribution is -0.132. The zero-order valence-electron chi connectivity index (χ0n) is 33.1. The molecule has 4 aliphatic rings. The largest absolute Gasteiger partial charge is 0.378 e. The Morgan fingerprint density at radius 1 is 0.967 bits per heavy atom. The van der Waals surface area contributed by atoms with Gasteiger partial charge in [0.05, 0.1) is 53.3 Å². The third-order valence-corrected chi connectivity index (χ3v) is 12.6. The van der Waals surface area contributed by atoms with E-state index in [-0.39, 0.29) is 42.3 Å². The first-order valence-electron chi connectivity index (χ1n) is 20.0. The van der Waals surface area contributed by atoms with E-state index in [1.807, 2.05) is 34.6 Å². The van der Waals surface area contributed by atoms with Crippen molar-refractivity contribution in [1.29, 1.82) is 5.41 Å². The summed E-state index contributed by atoms with van der Waals surface area (Å²) in [5.41, 5.74) is 2.65. The van der Waals surface area contributed by atoms with Crippen molar-refractivity contribution < 1.29 is 22.7 Å². The summed E-state index contributed by atoms with van der Waals surface area (Å²) in [5.74, 6) is 6.02.